The molecule has 4 aromatic carbocycles. The molecule has 4 aromatic rings. The zero-order valence-corrected chi connectivity index (χ0v) is 20.7. The van der Waals surface area contributed by atoms with Crippen molar-refractivity contribution < 1.29 is 13.5 Å². The molecule has 0 unspecified atom stereocenters. The summed E-state index contributed by atoms with van der Waals surface area (Å²) < 4.78 is 35.4. The molecule has 0 N–H and O–H groups in total. The molecule has 0 aliphatic heterocycles. The molecule has 0 aliphatic rings. The average Bonchev–Trinajstić information content (AvgIpc) is 2.90. The number of fused-ring (bicyclic) bond motifs is 1. The van der Waals surface area contributed by atoms with Crippen molar-refractivity contribution in [2.75, 3.05) is 6.61 Å². The van der Waals surface area contributed by atoms with Crippen molar-refractivity contribution in [3.8, 4) is 11.8 Å². The van der Waals surface area contributed by atoms with E-state index in [-0.39, 0.29) is 11.6 Å². The van der Waals surface area contributed by atoms with Crippen molar-refractivity contribution in [1.82, 2.24) is 0 Å². The molecule has 0 fully saturated rings. The van der Waals surface area contributed by atoms with Crippen LogP contribution in [0.1, 0.15) is 54.0 Å². The number of hydrogen-bond acceptors (Lipinski definition) is 2. The maximum absolute atomic E-state index is 15.2. The highest BCUT2D eigenvalue weighted by molar-refractivity contribution is 5.84. The summed E-state index contributed by atoms with van der Waals surface area (Å²) in [7, 11) is 0. The molecule has 0 saturated carbocycles. The minimum atomic E-state index is -0.248. The zero-order valence-electron chi connectivity index (χ0n) is 20.7. The third kappa shape index (κ3) is 6.49. The molecule has 184 valence electrons. The standard InChI is InChI=1S/C32H31F2NO/c1-2-3-4-19-36-29-17-16-26(31(33)21-29)12-10-24-11-18-30-28(20-24)15-14-27(32(30)34)13-9-23-5-7-25(22-35)8-6-23/h5-8,11,14-18,20-21H,2-4,9-10,12-13,19H2,1H3. The van der Waals surface area contributed by atoms with Crippen LogP contribution in [0, 0.1) is 23.0 Å². The fraction of sp³-hybridized carbons (Fsp3) is 0.281. The van der Waals surface area contributed by atoms with Crippen molar-refractivity contribution in [3.63, 3.8) is 0 Å². The van der Waals surface area contributed by atoms with Crippen molar-refractivity contribution in [2.24, 2.45) is 0 Å². The second-order valence-corrected chi connectivity index (χ2v) is 9.21. The van der Waals surface area contributed by atoms with Crippen molar-refractivity contribution in [3.05, 3.63) is 112 Å². The van der Waals surface area contributed by atoms with Gasteiger partial charge in [-0.3, -0.25) is 0 Å². The Hall–Kier alpha value is -3.71. The number of benzene rings is 4. The Morgan fingerprint density at radius 1 is 0.750 bits per heavy atom. The Morgan fingerprint density at radius 3 is 2.22 bits per heavy atom. The van der Waals surface area contributed by atoms with Gasteiger partial charge in [0.2, 0.25) is 0 Å². The van der Waals surface area contributed by atoms with Gasteiger partial charge in [-0.05, 0) is 77.9 Å². The summed E-state index contributed by atoms with van der Waals surface area (Å²) >= 11 is 0. The van der Waals surface area contributed by atoms with E-state index in [1.165, 1.54) is 6.07 Å². The first-order chi connectivity index (χ1) is 17.6. The second-order valence-electron chi connectivity index (χ2n) is 9.21. The van der Waals surface area contributed by atoms with Crippen molar-refractivity contribution in [2.45, 2.75) is 51.9 Å². The molecular weight excluding hydrogens is 452 g/mol. The van der Waals surface area contributed by atoms with Crippen molar-refractivity contribution in [1.29, 1.82) is 5.26 Å². The molecule has 0 aromatic heterocycles. The number of aryl methyl sites for hydroxylation is 4. The van der Waals surface area contributed by atoms with E-state index < -0.39 is 0 Å². The van der Waals surface area contributed by atoms with E-state index >= 15 is 4.39 Å². The van der Waals surface area contributed by atoms with E-state index in [1.54, 1.807) is 18.2 Å². The topological polar surface area (TPSA) is 33.0 Å². The van der Waals surface area contributed by atoms with Crippen LogP contribution in [-0.2, 0) is 25.7 Å². The van der Waals surface area contributed by atoms with E-state index in [1.807, 2.05) is 48.5 Å². The van der Waals surface area contributed by atoms with Crippen LogP contribution < -0.4 is 4.74 Å². The maximum atomic E-state index is 15.2. The minimum Gasteiger partial charge on any atom is -0.493 e. The fourth-order valence-corrected chi connectivity index (χ4v) is 4.40. The average molecular weight is 484 g/mol. The molecule has 4 rings (SSSR count). The summed E-state index contributed by atoms with van der Waals surface area (Å²) in [5.41, 5.74) is 4.08. The molecule has 0 aliphatic carbocycles. The zero-order chi connectivity index (χ0) is 25.3. The lowest BCUT2D eigenvalue weighted by Crippen LogP contribution is -2.00. The number of unbranched alkanes of at least 4 members (excludes halogenated alkanes) is 2. The molecule has 0 spiro atoms. The lowest BCUT2D eigenvalue weighted by atomic mass is 9.97. The molecule has 0 atom stereocenters. The van der Waals surface area contributed by atoms with Gasteiger partial charge < -0.3 is 4.74 Å². The van der Waals surface area contributed by atoms with Crippen LogP contribution in [-0.4, -0.2) is 6.61 Å². The van der Waals surface area contributed by atoms with Crippen LogP contribution in [0.3, 0.4) is 0 Å². The Morgan fingerprint density at radius 2 is 1.47 bits per heavy atom. The molecule has 0 amide bonds. The van der Waals surface area contributed by atoms with Crippen LogP contribution in [0.5, 0.6) is 5.75 Å². The van der Waals surface area contributed by atoms with E-state index in [4.69, 9.17) is 10.00 Å². The van der Waals surface area contributed by atoms with Gasteiger partial charge in [0.15, 0.2) is 0 Å². The number of nitrogens with zero attached hydrogens (tertiary/aromatic N) is 1. The monoisotopic (exact) mass is 483 g/mol. The summed E-state index contributed by atoms with van der Waals surface area (Å²) in [6, 6.07) is 24.2. The highest BCUT2D eigenvalue weighted by atomic mass is 19.1. The number of ether oxygens (including phenoxy) is 1. The molecule has 0 bridgehead atoms. The summed E-state index contributed by atoms with van der Waals surface area (Å²) in [5.74, 6) is 0.138. The normalized spacial score (nSPS) is 10.9. The smallest absolute Gasteiger partial charge is 0.134 e. The highest BCUT2D eigenvalue weighted by Crippen LogP contribution is 2.25. The SMILES string of the molecule is CCCCCOc1ccc(CCc2ccc3c(F)c(CCc4ccc(C#N)cc4)ccc3c2)c(F)c1. The second kappa shape index (κ2) is 12.3. The van der Waals surface area contributed by atoms with E-state index in [9.17, 15) is 4.39 Å². The maximum Gasteiger partial charge on any atom is 0.134 e. The molecule has 4 heteroatoms. The molecule has 0 radical (unpaired) electrons. The Bertz CT molecular complexity index is 1360. The quantitative estimate of drug-likeness (QED) is 0.202. The Labute approximate surface area is 212 Å². The fourth-order valence-electron chi connectivity index (χ4n) is 4.40. The molecule has 0 heterocycles. The van der Waals surface area contributed by atoms with Crippen LogP contribution in [0.25, 0.3) is 10.8 Å². The van der Waals surface area contributed by atoms with Gasteiger partial charge >= 0.3 is 0 Å². The Balaban J connectivity index is 1.37. The predicted molar refractivity (Wildman–Crippen MR) is 141 cm³/mol. The van der Waals surface area contributed by atoms with Gasteiger partial charge in [0.1, 0.15) is 17.4 Å². The molecular formula is C32H31F2NO. The van der Waals surface area contributed by atoms with E-state index in [0.717, 1.165) is 35.8 Å². The number of hydrogen-bond donors (Lipinski definition) is 0. The number of halogens is 2. The van der Waals surface area contributed by atoms with E-state index in [0.29, 0.717) is 60.1 Å². The number of rotatable bonds is 11. The van der Waals surface area contributed by atoms with Crippen molar-refractivity contribution >= 4 is 10.8 Å². The molecule has 36 heavy (non-hydrogen) atoms. The van der Waals surface area contributed by atoms with Gasteiger partial charge in [-0.15, -0.1) is 0 Å². The summed E-state index contributed by atoms with van der Waals surface area (Å²) in [5, 5.41) is 10.4. The predicted octanol–water partition coefficient (Wildman–Crippen LogP) is 8.13. The summed E-state index contributed by atoms with van der Waals surface area (Å²) in [6.45, 7) is 2.75. The third-order valence-corrected chi connectivity index (χ3v) is 6.59. The lowest BCUT2D eigenvalue weighted by Gasteiger charge is -2.10. The van der Waals surface area contributed by atoms with Gasteiger partial charge in [0, 0.05) is 11.5 Å². The van der Waals surface area contributed by atoms with Gasteiger partial charge in [-0.2, -0.15) is 5.26 Å². The lowest BCUT2D eigenvalue weighted by molar-refractivity contribution is 0.304. The largest absolute Gasteiger partial charge is 0.493 e. The van der Waals surface area contributed by atoms with Crippen LogP contribution in [0.15, 0.2) is 72.8 Å². The van der Waals surface area contributed by atoms with Gasteiger partial charge in [0.25, 0.3) is 0 Å². The first-order valence-electron chi connectivity index (χ1n) is 12.7. The highest BCUT2D eigenvalue weighted by Gasteiger charge is 2.10. The van der Waals surface area contributed by atoms with Gasteiger partial charge in [-0.25, -0.2) is 8.78 Å². The summed E-state index contributed by atoms with van der Waals surface area (Å²) in [4.78, 5) is 0. The van der Waals surface area contributed by atoms with E-state index in [2.05, 4.69) is 13.0 Å². The molecule has 0 saturated heterocycles. The van der Waals surface area contributed by atoms with Crippen LogP contribution in [0.4, 0.5) is 8.78 Å². The summed E-state index contributed by atoms with van der Waals surface area (Å²) in [6.07, 6.45) is 5.74. The first-order valence-corrected chi connectivity index (χ1v) is 12.7. The third-order valence-electron chi connectivity index (χ3n) is 6.59. The number of nitriles is 1. The Kier molecular flexibility index (Phi) is 8.68. The van der Waals surface area contributed by atoms with Gasteiger partial charge in [0.05, 0.1) is 18.2 Å². The van der Waals surface area contributed by atoms with Crippen LogP contribution >= 0.6 is 0 Å². The van der Waals surface area contributed by atoms with Crippen LogP contribution in [0.2, 0.25) is 0 Å². The first kappa shape index (κ1) is 25.4. The molecule has 2 nitrogen and oxygen atoms in total. The minimum absolute atomic E-state index is 0.187. The van der Waals surface area contributed by atoms with Gasteiger partial charge in [-0.1, -0.05) is 68.3 Å².